The molecule has 0 amide bonds. The van der Waals surface area contributed by atoms with Crippen molar-refractivity contribution in [2.45, 2.75) is 0 Å². The normalized spacial score (nSPS) is 11.1. The molecule has 2 heterocycles. The van der Waals surface area contributed by atoms with Gasteiger partial charge in [0.25, 0.3) is 0 Å². The molecule has 5 heteroatoms. The van der Waals surface area contributed by atoms with Gasteiger partial charge in [0, 0.05) is 0 Å². The van der Waals surface area contributed by atoms with Crippen molar-refractivity contribution in [3.05, 3.63) is 12.5 Å². The number of rotatable bonds is 0. The van der Waals surface area contributed by atoms with Crippen molar-refractivity contribution in [3.63, 3.8) is 0 Å². The molecule has 0 bridgehead atoms. The first kappa shape index (κ1) is 4.82. The minimum atomic E-state index is 0.294. The molecule has 44 valence electrons. The summed E-state index contributed by atoms with van der Waals surface area (Å²) in [5, 5.41) is 0. The van der Waals surface area contributed by atoms with Gasteiger partial charge in [-0.2, -0.15) is 4.75 Å². The van der Waals surface area contributed by atoms with E-state index >= 15 is 0 Å². The first-order chi connectivity index (χ1) is 4.47. The Bertz CT molecular complexity index is 287. The van der Waals surface area contributed by atoms with Gasteiger partial charge >= 0.3 is 0 Å². The molecule has 4 nitrogen and oxygen atoms in total. The quantitative estimate of drug-likeness (QED) is 0.530. The van der Waals surface area contributed by atoms with Crippen LogP contribution < -0.4 is 0 Å². The van der Waals surface area contributed by atoms with Crippen molar-refractivity contribution in [1.82, 2.24) is 19.5 Å². The van der Waals surface area contributed by atoms with Crippen LogP contribution in [0.25, 0.3) is 11.2 Å². The van der Waals surface area contributed by atoms with Gasteiger partial charge in [0.15, 0.2) is 5.65 Å². The highest BCUT2D eigenvalue weighted by Gasteiger charge is 1.92. The lowest BCUT2D eigenvalue weighted by Gasteiger charge is -1.78. The van der Waals surface area contributed by atoms with Gasteiger partial charge in [-0.1, -0.05) is 0 Å². The van der Waals surface area contributed by atoms with Crippen LogP contribution in [0, 0.1) is 0 Å². The van der Waals surface area contributed by atoms with Crippen LogP contribution in [0.2, 0.25) is 0 Å². The minimum absolute atomic E-state index is 0.294. The Hall–Kier alpha value is -1.02. The van der Waals surface area contributed by atoms with Gasteiger partial charge in [-0.15, -0.1) is 0 Å². The summed E-state index contributed by atoms with van der Waals surface area (Å²) in [7, 11) is 0.294. The summed E-state index contributed by atoms with van der Waals surface area (Å²) in [6.07, 6.45) is 3.15. The van der Waals surface area contributed by atoms with Crippen molar-refractivity contribution < 1.29 is 0 Å². The smallest absolute Gasteiger partial charge is 0.186 e. The minimum Gasteiger partial charge on any atom is -0.242 e. The summed E-state index contributed by atoms with van der Waals surface area (Å²) < 4.78 is 8.04. The molecule has 0 saturated carbocycles. The molecular formula is C4H3N4P. The molecule has 0 aromatic carbocycles. The zero-order chi connectivity index (χ0) is 6.10. The van der Waals surface area contributed by atoms with E-state index in [1.165, 1.54) is 6.33 Å². The van der Waals surface area contributed by atoms with Crippen LogP contribution >= 0.6 is 8.51 Å². The fourth-order valence-electron chi connectivity index (χ4n) is 0.607. The molecule has 0 aliphatic carbocycles. The van der Waals surface area contributed by atoms with Crippen molar-refractivity contribution >= 4 is 19.7 Å². The van der Waals surface area contributed by atoms with Crippen LogP contribution in [0.1, 0.15) is 0 Å². The van der Waals surface area contributed by atoms with Crippen LogP contribution in [-0.2, 0) is 0 Å². The van der Waals surface area contributed by atoms with E-state index in [2.05, 4.69) is 19.5 Å². The molecule has 2 aromatic heterocycles. The first-order valence-corrected chi connectivity index (χ1v) is 3.33. The number of hydrogen-bond donors (Lipinski definition) is 0. The molecule has 2 rings (SSSR count). The Labute approximate surface area is 52.6 Å². The maximum atomic E-state index is 4.04. The number of fused-ring (bicyclic) bond motifs is 1. The Morgan fingerprint density at radius 1 is 1.33 bits per heavy atom. The van der Waals surface area contributed by atoms with Crippen LogP contribution in [0.4, 0.5) is 0 Å². The van der Waals surface area contributed by atoms with E-state index < -0.39 is 0 Å². The maximum absolute atomic E-state index is 4.04. The van der Waals surface area contributed by atoms with E-state index in [4.69, 9.17) is 0 Å². The summed E-state index contributed by atoms with van der Waals surface area (Å²) >= 11 is 0. The summed E-state index contributed by atoms with van der Waals surface area (Å²) in [6, 6.07) is 0. The first-order valence-electron chi connectivity index (χ1n) is 2.43. The average Bonchev–Trinajstić information content (AvgIpc) is 2.33. The molecule has 0 radical (unpaired) electrons. The zero-order valence-corrected chi connectivity index (χ0v) is 5.44. The zero-order valence-electron chi connectivity index (χ0n) is 4.44. The average molecular weight is 138 g/mol. The maximum Gasteiger partial charge on any atom is 0.186 e. The number of nitrogens with zero attached hydrogens (tertiary/aromatic N) is 4. The van der Waals surface area contributed by atoms with Gasteiger partial charge in [-0.05, 0) is 0 Å². The highest BCUT2D eigenvalue weighted by Crippen LogP contribution is 2.06. The molecule has 0 N–H and O–H groups in total. The topological polar surface area (TPSA) is 51.6 Å². The molecule has 1 unspecified atom stereocenters. The summed E-state index contributed by atoms with van der Waals surface area (Å²) in [4.78, 5) is 7.69. The van der Waals surface area contributed by atoms with Crippen LogP contribution in [-0.4, -0.2) is 19.5 Å². The molecule has 0 fully saturated rings. The second-order valence-corrected chi connectivity index (χ2v) is 2.20. The third-order valence-corrected chi connectivity index (χ3v) is 1.65. The second kappa shape index (κ2) is 1.74. The largest absolute Gasteiger partial charge is 0.242 e. The van der Waals surface area contributed by atoms with Crippen molar-refractivity contribution in [2.75, 3.05) is 0 Å². The van der Waals surface area contributed by atoms with E-state index in [-0.39, 0.29) is 0 Å². The number of aromatic nitrogens is 4. The predicted molar refractivity (Wildman–Crippen MR) is 34.6 cm³/mol. The molecule has 0 spiro atoms. The number of hydrogen-bond acceptors (Lipinski definition) is 4. The van der Waals surface area contributed by atoms with Gasteiger partial charge in [0.05, 0.1) is 14.7 Å². The summed E-state index contributed by atoms with van der Waals surface area (Å²) in [5.41, 5.74) is 1.54. The van der Waals surface area contributed by atoms with Crippen LogP contribution in [0.5, 0.6) is 0 Å². The third-order valence-electron chi connectivity index (χ3n) is 0.999. The monoisotopic (exact) mass is 138 g/mol. The van der Waals surface area contributed by atoms with Crippen LogP contribution in [0.3, 0.4) is 0 Å². The lowest BCUT2D eigenvalue weighted by atomic mass is 10.6. The van der Waals surface area contributed by atoms with Crippen molar-refractivity contribution in [2.24, 2.45) is 0 Å². The molecule has 0 aliphatic rings. The Kier molecular flexibility index (Phi) is 0.932. The predicted octanol–water partition coefficient (Wildman–Crippen LogP) is 0.451. The highest BCUT2D eigenvalue weighted by molar-refractivity contribution is 7.21. The van der Waals surface area contributed by atoms with Gasteiger partial charge in [0.1, 0.15) is 11.8 Å². The van der Waals surface area contributed by atoms with Gasteiger partial charge in [0.2, 0.25) is 0 Å². The SMILES string of the molecule is c1ncc2n[pH]nc2n1. The molecule has 0 saturated heterocycles. The summed E-state index contributed by atoms with van der Waals surface area (Å²) in [5.74, 6) is 0. The Morgan fingerprint density at radius 3 is 3.22 bits per heavy atom. The van der Waals surface area contributed by atoms with E-state index in [1.54, 1.807) is 6.20 Å². The molecular weight excluding hydrogens is 135 g/mol. The highest BCUT2D eigenvalue weighted by atomic mass is 31.1. The fourth-order valence-corrected chi connectivity index (χ4v) is 1.19. The van der Waals surface area contributed by atoms with Gasteiger partial charge < -0.3 is 0 Å². The molecule has 2 aromatic rings. The second-order valence-electron chi connectivity index (χ2n) is 1.56. The lowest BCUT2D eigenvalue weighted by molar-refractivity contribution is 1.20. The standard InChI is InChI=1S/C4H3N4P/c1-3-4(6-2-5-1)8-9-7-3/h1-2,9H. The van der Waals surface area contributed by atoms with Crippen molar-refractivity contribution in [3.8, 4) is 0 Å². The van der Waals surface area contributed by atoms with E-state index in [1.807, 2.05) is 0 Å². The Morgan fingerprint density at radius 2 is 2.33 bits per heavy atom. The molecule has 0 aliphatic heterocycles. The van der Waals surface area contributed by atoms with E-state index in [0.29, 0.717) is 8.51 Å². The van der Waals surface area contributed by atoms with E-state index in [0.717, 1.165) is 11.2 Å². The lowest BCUT2D eigenvalue weighted by Crippen LogP contribution is -1.76. The van der Waals surface area contributed by atoms with Gasteiger partial charge in [-0.25, -0.2) is 14.7 Å². The third kappa shape index (κ3) is 0.678. The molecule has 9 heavy (non-hydrogen) atoms. The van der Waals surface area contributed by atoms with Crippen molar-refractivity contribution in [1.29, 1.82) is 0 Å². The van der Waals surface area contributed by atoms with Gasteiger partial charge in [-0.3, -0.25) is 0 Å². The van der Waals surface area contributed by atoms with Crippen LogP contribution in [0.15, 0.2) is 12.5 Å². The summed E-state index contributed by atoms with van der Waals surface area (Å²) in [6.45, 7) is 0. The fraction of sp³-hybridized carbons (Fsp3) is 0. The molecule has 1 atom stereocenters. The van der Waals surface area contributed by atoms with E-state index in [9.17, 15) is 0 Å². The Balaban J connectivity index is 2.95.